The number of benzene rings is 1. The van der Waals surface area contributed by atoms with Gasteiger partial charge in [0.15, 0.2) is 0 Å². The Morgan fingerprint density at radius 3 is 2.72 bits per heavy atom. The van der Waals surface area contributed by atoms with Gasteiger partial charge in [0.1, 0.15) is 5.78 Å². The first-order valence-electron chi connectivity index (χ1n) is 5.71. The number of hydrogen-bond acceptors (Lipinski definition) is 4. The fourth-order valence-electron chi connectivity index (χ4n) is 1.79. The van der Waals surface area contributed by atoms with Crippen molar-refractivity contribution in [3.63, 3.8) is 0 Å². The van der Waals surface area contributed by atoms with Crippen LogP contribution in [-0.2, 0) is 11.3 Å². The van der Waals surface area contributed by atoms with E-state index in [1.807, 2.05) is 0 Å². The molecule has 0 saturated heterocycles. The van der Waals surface area contributed by atoms with E-state index in [1.165, 1.54) is 11.5 Å². The normalized spacial score (nSPS) is 10.7. The fourth-order valence-corrected chi connectivity index (χ4v) is 2.67. The summed E-state index contributed by atoms with van der Waals surface area (Å²) in [6.45, 7) is 1.81. The van der Waals surface area contributed by atoms with Crippen molar-refractivity contribution in [1.29, 1.82) is 0 Å². The molecule has 0 bridgehead atoms. The molecule has 0 atom stereocenters. The third-order valence-electron chi connectivity index (χ3n) is 2.69. The van der Waals surface area contributed by atoms with Gasteiger partial charge in [0.25, 0.3) is 5.56 Å². The van der Waals surface area contributed by atoms with E-state index < -0.39 is 0 Å². The number of aromatic nitrogens is 1. The maximum Gasteiger partial charge on any atom is 0.310 e. The molecule has 1 heterocycles. The van der Waals surface area contributed by atoms with E-state index in [4.69, 9.17) is 0 Å². The number of ketones is 1. The van der Waals surface area contributed by atoms with Gasteiger partial charge in [-0.25, -0.2) is 0 Å². The van der Waals surface area contributed by atoms with E-state index in [0.29, 0.717) is 29.5 Å². The number of hydrogen-bond donors (Lipinski definition) is 0. The average molecular weight is 263 g/mol. The number of nitrogens with zero attached hydrogens (tertiary/aromatic N) is 1. The molecule has 94 valence electrons. The Bertz CT molecular complexity index is 699. The molecule has 0 radical (unpaired) electrons. The molecule has 2 rings (SSSR count). The predicted octanol–water partition coefficient (Wildman–Crippen LogP) is 1.79. The second-order valence-corrected chi connectivity index (χ2v) is 5.12. The summed E-state index contributed by atoms with van der Waals surface area (Å²) in [5, 5.41) is 0.560. The molecule has 1 aromatic carbocycles. The fraction of sp³-hybridized carbons (Fsp3) is 0.308. The highest BCUT2D eigenvalue weighted by atomic mass is 32.1. The zero-order valence-electron chi connectivity index (χ0n) is 10.0. The molecule has 0 aliphatic carbocycles. The van der Waals surface area contributed by atoms with E-state index in [0.717, 1.165) is 11.3 Å². The zero-order valence-corrected chi connectivity index (χ0v) is 10.8. The third-order valence-corrected chi connectivity index (χ3v) is 3.66. The van der Waals surface area contributed by atoms with Crippen molar-refractivity contribution in [1.82, 2.24) is 4.57 Å². The van der Waals surface area contributed by atoms with Crippen molar-refractivity contribution in [2.45, 2.75) is 26.3 Å². The third kappa shape index (κ3) is 2.56. The SMILES string of the molecule is CC(=O)CCCn1c(=O)sc2ccccc2c1=O. The summed E-state index contributed by atoms with van der Waals surface area (Å²) in [6.07, 6.45) is 0.916. The standard InChI is InChI=1S/C13H13NO3S/c1-9(15)5-4-8-14-12(16)10-6-2-3-7-11(10)18-13(14)17/h2-3,6-7H,4-5,8H2,1H3. The second-order valence-electron chi connectivity index (χ2n) is 4.13. The van der Waals surface area contributed by atoms with Crippen LogP contribution in [0.5, 0.6) is 0 Å². The van der Waals surface area contributed by atoms with Gasteiger partial charge in [-0.05, 0) is 25.5 Å². The van der Waals surface area contributed by atoms with Crippen LogP contribution in [0, 0.1) is 0 Å². The van der Waals surface area contributed by atoms with Crippen molar-refractivity contribution in [2.24, 2.45) is 0 Å². The molecule has 0 N–H and O–H groups in total. The van der Waals surface area contributed by atoms with Gasteiger partial charge in [-0.2, -0.15) is 0 Å². The van der Waals surface area contributed by atoms with Gasteiger partial charge in [-0.15, -0.1) is 0 Å². The molecule has 0 saturated carbocycles. The topological polar surface area (TPSA) is 56.1 Å². The van der Waals surface area contributed by atoms with Crippen LogP contribution in [0.1, 0.15) is 19.8 Å². The van der Waals surface area contributed by atoms with Crippen LogP contribution in [0.25, 0.3) is 10.1 Å². The molecule has 18 heavy (non-hydrogen) atoms. The Morgan fingerprint density at radius 2 is 2.00 bits per heavy atom. The summed E-state index contributed by atoms with van der Waals surface area (Å²) in [4.78, 5) is 34.5. The number of fused-ring (bicyclic) bond motifs is 1. The van der Waals surface area contributed by atoms with Crippen LogP contribution in [0.3, 0.4) is 0 Å². The number of rotatable bonds is 4. The van der Waals surface area contributed by atoms with Gasteiger partial charge < -0.3 is 4.79 Å². The van der Waals surface area contributed by atoms with E-state index in [2.05, 4.69) is 0 Å². The van der Waals surface area contributed by atoms with Crippen LogP contribution in [0.2, 0.25) is 0 Å². The molecular weight excluding hydrogens is 250 g/mol. The largest absolute Gasteiger partial charge is 0.310 e. The Balaban J connectivity index is 2.42. The van der Waals surface area contributed by atoms with Crippen LogP contribution in [0.15, 0.2) is 33.9 Å². The van der Waals surface area contributed by atoms with Crippen molar-refractivity contribution in [3.05, 3.63) is 44.3 Å². The summed E-state index contributed by atoms with van der Waals surface area (Å²) in [6, 6.07) is 7.07. The smallest absolute Gasteiger partial charge is 0.300 e. The molecule has 0 spiro atoms. The van der Waals surface area contributed by atoms with Gasteiger partial charge >= 0.3 is 4.87 Å². The van der Waals surface area contributed by atoms with Crippen molar-refractivity contribution in [3.8, 4) is 0 Å². The lowest BCUT2D eigenvalue weighted by atomic mass is 10.2. The van der Waals surface area contributed by atoms with Crippen LogP contribution < -0.4 is 10.4 Å². The monoisotopic (exact) mass is 263 g/mol. The summed E-state index contributed by atoms with van der Waals surface area (Å²) in [7, 11) is 0. The van der Waals surface area contributed by atoms with E-state index in [9.17, 15) is 14.4 Å². The molecule has 0 fully saturated rings. The Kier molecular flexibility index (Phi) is 3.72. The van der Waals surface area contributed by atoms with E-state index in [-0.39, 0.29) is 16.2 Å². The molecule has 5 heteroatoms. The highest BCUT2D eigenvalue weighted by Gasteiger charge is 2.07. The predicted molar refractivity (Wildman–Crippen MR) is 72.3 cm³/mol. The van der Waals surface area contributed by atoms with Gasteiger partial charge in [0, 0.05) is 17.7 Å². The lowest BCUT2D eigenvalue weighted by Gasteiger charge is -2.04. The molecule has 4 nitrogen and oxygen atoms in total. The zero-order chi connectivity index (χ0) is 13.1. The van der Waals surface area contributed by atoms with E-state index in [1.54, 1.807) is 24.3 Å². The van der Waals surface area contributed by atoms with Gasteiger partial charge in [0.2, 0.25) is 0 Å². The first-order chi connectivity index (χ1) is 8.59. The Hall–Kier alpha value is -1.75. The molecular formula is C13H13NO3S. The second kappa shape index (κ2) is 5.27. The van der Waals surface area contributed by atoms with Gasteiger partial charge in [-0.1, -0.05) is 23.5 Å². The lowest BCUT2D eigenvalue weighted by molar-refractivity contribution is -0.117. The maximum absolute atomic E-state index is 12.1. The van der Waals surface area contributed by atoms with Crippen molar-refractivity contribution < 1.29 is 4.79 Å². The first-order valence-corrected chi connectivity index (χ1v) is 6.53. The first kappa shape index (κ1) is 12.7. The summed E-state index contributed by atoms with van der Waals surface area (Å²) < 4.78 is 1.92. The number of carbonyl (C=O) groups is 1. The van der Waals surface area contributed by atoms with E-state index >= 15 is 0 Å². The highest BCUT2D eigenvalue weighted by Crippen LogP contribution is 2.10. The van der Waals surface area contributed by atoms with Gasteiger partial charge in [0.05, 0.1) is 5.39 Å². The summed E-state index contributed by atoms with van der Waals surface area (Å²) in [5.74, 6) is 0.0694. The Labute approximate surface area is 108 Å². The minimum absolute atomic E-state index is 0.0694. The Morgan fingerprint density at radius 1 is 1.28 bits per heavy atom. The molecule has 1 aromatic heterocycles. The summed E-state index contributed by atoms with van der Waals surface area (Å²) in [5.41, 5.74) is -0.266. The quantitative estimate of drug-likeness (QED) is 0.845. The molecule has 0 amide bonds. The number of carbonyl (C=O) groups excluding carboxylic acids is 1. The minimum Gasteiger partial charge on any atom is -0.300 e. The number of Topliss-reactive ketones (excluding diaryl/α,β-unsaturated/α-hetero) is 1. The molecule has 2 aromatic rings. The van der Waals surface area contributed by atoms with Crippen LogP contribution >= 0.6 is 11.3 Å². The average Bonchev–Trinajstić information content (AvgIpc) is 2.33. The van der Waals surface area contributed by atoms with Crippen LogP contribution in [0.4, 0.5) is 0 Å². The molecule has 0 aliphatic heterocycles. The summed E-state index contributed by atoms with van der Waals surface area (Å²) >= 11 is 1.06. The van der Waals surface area contributed by atoms with Crippen molar-refractivity contribution in [2.75, 3.05) is 0 Å². The molecule has 0 aliphatic rings. The molecule has 0 unspecified atom stereocenters. The van der Waals surface area contributed by atoms with Crippen LogP contribution in [-0.4, -0.2) is 10.4 Å². The van der Waals surface area contributed by atoms with Gasteiger partial charge in [-0.3, -0.25) is 14.2 Å². The minimum atomic E-state index is -0.266. The van der Waals surface area contributed by atoms with Crippen molar-refractivity contribution >= 4 is 27.2 Å². The lowest BCUT2D eigenvalue weighted by Crippen LogP contribution is -2.31. The maximum atomic E-state index is 12.1. The highest BCUT2D eigenvalue weighted by molar-refractivity contribution is 7.16.